The third-order valence-electron chi connectivity index (χ3n) is 4.30. The SMILES string of the molecule is CC1C=C(c2c[nH]c3ncccc23)CN(CCCN(C)C)C1. The minimum atomic E-state index is 0.602. The van der Waals surface area contributed by atoms with Gasteiger partial charge in [0, 0.05) is 36.4 Å². The van der Waals surface area contributed by atoms with Crippen LogP contribution >= 0.6 is 0 Å². The van der Waals surface area contributed by atoms with Gasteiger partial charge in [0.05, 0.1) is 0 Å². The Kier molecular flexibility index (Phi) is 4.60. The standard InChI is InChI=1S/C18H26N4/c1-14-10-15(13-22(12-14)9-5-8-21(2)3)17-11-20-18-16(17)6-4-7-19-18/h4,6-7,10-11,14H,5,8-9,12-13H2,1-3H3,(H,19,20). The van der Waals surface area contributed by atoms with Crippen LogP contribution in [0.5, 0.6) is 0 Å². The van der Waals surface area contributed by atoms with Gasteiger partial charge in [0.2, 0.25) is 0 Å². The summed E-state index contributed by atoms with van der Waals surface area (Å²) in [5.74, 6) is 0.602. The molecular weight excluding hydrogens is 272 g/mol. The lowest BCUT2D eigenvalue weighted by Gasteiger charge is -2.31. The van der Waals surface area contributed by atoms with E-state index in [2.05, 4.69) is 59.1 Å². The highest BCUT2D eigenvalue weighted by Gasteiger charge is 2.20. The summed E-state index contributed by atoms with van der Waals surface area (Å²) in [5.41, 5.74) is 3.73. The summed E-state index contributed by atoms with van der Waals surface area (Å²) in [6, 6.07) is 4.17. The van der Waals surface area contributed by atoms with Crippen molar-refractivity contribution < 1.29 is 0 Å². The lowest BCUT2D eigenvalue weighted by atomic mass is 9.96. The van der Waals surface area contributed by atoms with E-state index in [0.29, 0.717) is 5.92 Å². The topological polar surface area (TPSA) is 35.2 Å². The second-order valence-corrected chi connectivity index (χ2v) is 6.66. The summed E-state index contributed by atoms with van der Waals surface area (Å²) < 4.78 is 0. The lowest BCUT2D eigenvalue weighted by Crippen LogP contribution is -2.35. The molecule has 0 aromatic carbocycles. The average Bonchev–Trinajstić information content (AvgIpc) is 2.90. The minimum Gasteiger partial charge on any atom is -0.346 e. The van der Waals surface area contributed by atoms with Gasteiger partial charge in [-0.1, -0.05) is 13.0 Å². The molecule has 22 heavy (non-hydrogen) atoms. The molecule has 0 bridgehead atoms. The van der Waals surface area contributed by atoms with Crippen LogP contribution < -0.4 is 0 Å². The summed E-state index contributed by atoms with van der Waals surface area (Å²) in [5, 5.41) is 1.23. The zero-order valence-corrected chi connectivity index (χ0v) is 13.8. The highest BCUT2D eigenvalue weighted by molar-refractivity contribution is 5.91. The van der Waals surface area contributed by atoms with Crippen LogP contribution in [-0.4, -0.2) is 60.0 Å². The number of hydrogen-bond donors (Lipinski definition) is 1. The van der Waals surface area contributed by atoms with Crippen LogP contribution in [0.2, 0.25) is 0 Å². The first kappa shape index (κ1) is 15.3. The second-order valence-electron chi connectivity index (χ2n) is 6.66. The molecule has 1 unspecified atom stereocenters. The maximum Gasteiger partial charge on any atom is 0.137 e. The molecule has 0 saturated carbocycles. The van der Waals surface area contributed by atoms with Crippen molar-refractivity contribution in [2.45, 2.75) is 13.3 Å². The lowest BCUT2D eigenvalue weighted by molar-refractivity contribution is 0.254. The van der Waals surface area contributed by atoms with Crippen molar-refractivity contribution in [3.8, 4) is 0 Å². The van der Waals surface area contributed by atoms with E-state index < -0.39 is 0 Å². The summed E-state index contributed by atoms with van der Waals surface area (Å²) >= 11 is 0. The number of nitrogens with one attached hydrogen (secondary N) is 1. The molecule has 0 amide bonds. The number of H-pyrrole nitrogens is 1. The maximum absolute atomic E-state index is 4.40. The average molecular weight is 298 g/mol. The van der Waals surface area contributed by atoms with E-state index >= 15 is 0 Å². The molecule has 3 heterocycles. The molecule has 4 nitrogen and oxygen atoms in total. The van der Waals surface area contributed by atoms with Gasteiger partial charge in [-0.15, -0.1) is 0 Å². The molecule has 2 aromatic heterocycles. The second kappa shape index (κ2) is 6.63. The van der Waals surface area contributed by atoms with Gasteiger partial charge < -0.3 is 9.88 Å². The number of pyridine rings is 1. The largest absolute Gasteiger partial charge is 0.346 e. The fourth-order valence-electron chi connectivity index (χ4n) is 3.34. The summed E-state index contributed by atoms with van der Waals surface area (Å²) in [6.45, 7) is 6.84. The highest BCUT2D eigenvalue weighted by Crippen LogP contribution is 2.28. The van der Waals surface area contributed by atoms with Gasteiger partial charge in [0.15, 0.2) is 0 Å². The number of hydrogen-bond acceptors (Lipinski definition) is 3. The number of rotatable bonds is 5. The first-order valence-electron chi connectivity index (χ1n) is 8.13. The van der Waals surface area contributed by atoms with E-state index in [4.69, 9.17) is 0 Å². The minimum absolute atomic E-state index is 0.602. The number of aromatic nitrogens is 2. The zero-order chi connectivity index (χ0) is 15.5. The maximum atomic E-state index is 4.40. The van der Waals surface area contributed by atoms with Crippen molar-refractivity contribution in [2.75, 3.05) is 40.3 Å². The monoisotopic (exact) mass is 298 g/mol. The Labute approximate surface area is 132 Å². The van der Waals surface area contributed by atoms with Gasteiger partial charge in [-0.25, -0.2) is 4.98 Å². The first-order valence-corrected chi connectivity index (χ1v) is 8.13. The van der Waals surface area contributed by atoms with Gasteiger partial charge in [-0.05, 0) is 57.2 Å². The zero-order valence-electron chi connectivity index (χ0n) is 13.8. The molecule has 1 atom stereocenters. The molecular formula is C18H26N4. The van der Waals surface area contributed by atoms with Crippen molar-refractivity contribution in [3.63, 3.8) is 0 Å². The van der Waals surface area contributed by atoms with Gasteiger partial charge in [-0.2, -0.15) is 0 Å². The van der Waals surface area contributed by atoms with Crippen molar-refractivity contribution in [1.29, 1.82) is 0 Å². The molecule has 2 aromatic rings. The third kappa shape index (κ3) is 3.39. The Balaban J connectivity index is 1.75. The van der Waals surface area contributed by atoms with Gasteiger partial charge >= 0.3 is 0 Å². The van der Waals surface area contributed by atoms with Crippen molar-refractivity contribution >= 4 is 16.6 Å². The Hall–Kier alpha value is -1.65. The molecule has 0 saturated heterocycles. The molecule has 1 aliphatic heterocycles. The van der Waals surface area contributed by atoms with Gasteiger partial charge in [-0.3, -0.25) is 4.90 Å². The molecule has 0 fully saturated rings. The van der Waals surface area contributed by atoms with Crippen molar-refractivity contribution in [3.05, 3.63) is 36.2 Å². The molecule has 1 aliphatic rings. The predicted molar refractivity (Wildman–Crippen MR) is 92.8 cm³/mol. The third-order valence-corrected chi connectivity index (χ3v) is 4.30. The van der Waals surface area contributed by atoms with Crippen LogP contribution in [0, 0.1) is 5.92 Å². The number of fused-ring (bicyclic) bond motifs is 1. The Morgan fingerprint density at radius 1 is 1.41 bits per heavy atom. The molecule has 3 rings (SSSR count). The van der Waals surface area contributed by atoms with Crippen LogP contribution in [-0.2, 0) is 0 Å². The number of aromatic amines is 1. The van der Waals surface area contributed by atoms with Crippen molar-refractivity contribution in [1.82, 2.24) is 19.8 Å². The molecule has 1 N–H and O–H groups in total. The Morgan fingerprint density at radius 2 is 2.27 bits per heavy atom. The smallest absolute Gasteiger partial charge is 0.137 e. The van der Waals surface area contributed by atoms with E-state index in [1.54, 1.807) is 0 Å². The first-order chi connectivity index (χ1) is 10.6. The van der Waals surface area contributed by atoms with Crippen LogP contribution in [0.4, 0.5) is 0 Å². The molecule has 0 spiro atoms. The quantitative estimate of drug-likeness (QED) is 0.922. The van der Waals surface area contributed by atoms with E-state index in [0.717, 1.165) is 25.3 Å². The normalized spacial score (nSPS) is 19.8. The van der Waals surface area contributed by atoms with Crippen LogP contribution in [0.15, 0.2) is 30.6 Å². The van der Waals surface area contributed by atoms with E-state index in [-0.39, 0.29) is 0 Å². The van der Waals surface area contributed by atoms with Gasteiger partial charge in [0.25, 0.3) is 0 Å². The van der Waals surface area contributed by atoms with Crippen LogP contribution in [0.25, 0.3) is 16.6 Å². The van der Waals surface area contributed by atoms with E-state index in [9.17, 15) is 0 Å². The Bertz CT molecular complexity index is 656. The van der Waals surface area contributed by atoms with Crippen LogP contribution in [0.1, 0.15) is 18.9 Å². The molecule has 4 heteroatoms. The molecule has 118 valence electrons. The number of nitrogens with zero attached hydrogens (tertiary/aromatic N) is 3. The summed E-state index contributed by atoms with van der Waals surface area (Å²) in [6.07, 6.45) is 7.61. The van der Waals surface area contributed by atoms with Crippen molar-refractivity contribution in [2.24, 2.45) is 5.92 Å². The molecule has 0 radical (unpaired) electrons. The fraction of sp³-hybridized carbons (Fsp3) is 0.500. The highest BCUT2D eigenvalue weighted by atomic mass is 15.1. The fourth-order valence-corrected chi connectivity index (χ4v) is 3.34. The van der Waals surface area contributed by atoms with Gasteiger partial charge in [0.1, 0.15) is 5.65 Å². The Morgan fingerprint density at radius 3 is 3.09 bits per heavy atom. The summed E-state index contributed by atoms with van der Waals surface area (Å²) in [4.78, 5) is 12.5. The van der Waals surface area contributed by atoms with E-state index in [1.165, 1.54) is 29.5 Å². The predicted octanol–water partition coefficient (Wildman–Crippen LogP) is 2.85. The van der Waals surface area contributed by atoms with E-state index in [1.807, 2.05) is 12.3 Å². The van der Waals surface area contributed by atoms with Crippen LogP contribution in [0.3, 0.4) is 0 Å². The molecule has 0 aliphatic carbocycles. The summed E-state index contributed by atoms with van der Waals surface area (Å²) in [7, 11) is 4.28.